The summed E-state index contributed by atoms with van der Waals surface area (Å²) >= 11 is 0. The quantitative estimate of drug-likeness (QED) is 0.814. The summed E-state index contributed by atoms with van der Waals surface area (Å²) in [6.07, 6.45) is 1.11. The van der Waals surface area contributed by atoms with E-state index in [1.54, 1.807) is 0 Å². The van der Waals surface area contributed by atoms with Crippen molar-refractivity contribution in [3.8, 4) is 0 Å². The lowest BCUT2D eigenvalue weighted by atomic mass is 9.76. The maximum Gasteiger partial charge on any atom is 0.0269 e. The Balaban J connectivity index is 2.17. The summed E-state index contributed by atoms with van der Waals surface area (Å²) in [6, 6.07) is 19.7. The topological polar surface area (TPSA) is 12.0 Å². The van der Waals surface area contributed by atoms with Crippen LogP contribution in [0.25, 0.3) is 0 Å². The van der Waals surface area contributed by atoms with Gasteiger partial charge in [-0.3, -0.25) is 0 Å². The molecule has 0 aromatic heterocycles. The molecule has 1 N–H and O–H groups in total. The third kappa shape index (κ3) is 2.31. The molecule has 1 atom stereocenters. The second-order valence-electron chi connectivity index (χ2n) is 5.94. The van der Waals surface area contributed by atoms with Crippen molar-refractivity contribution >= 4 is 0 Å². The third-order valence-electron chi connectivity index (χ3n) is 4.20. The van der Waals surface area contributed by atoms with Crippen LogP contribution in [0.5, 0.6) is 0 Å². The summed E-state index contributed by atoms with van der Waals surface area (Å²) in [5, 5.41) is 3.72. The molecule has 1 unspecified atom stereocenters. The van der Waals surface area contributed by atoms with Gasteiger partial charge >= 0.3 is 0 Å². The standard InChI is InChI=1S/C18H21N/c1-18(2)17(15-9-4-3-5-10-15)16-11-7-6-8-14(16)12-13-19-18/h3-11,17,19H,12-13H2,1-2H3. The Morgan fingerprint density at radius 2 is 1.63 bits per heavy atom. The second-order valence-corrected chi connectivity index (χ2v) is 5.94. The van der Waals surface area contributed by atoms with Crippen molar-refractivity contribution in [2.45, 2.75) is 31.7 Å². The van der Waals surface area contributed by atoms with Crippen molar-refractivity contribution in [3.63, 3.8) is 0 Å². The molecule has 1 heteroatoms. The van der Waals surface area contributed by atoms with Crippen LogP contribution in [-0.2, 0) is 6.42 Å². The summed E-state index contributed by atoms with van der Waals surface area (Å²) in [7, 11) is 0. The SMILES string of the molecule is CC1(C)NCCc2ccccc2C1c1ccccc1. The first kappa shape index (κ1) is 12.4. The van der Waals surface area contributed by atoms with Gasteiger partial charge in [0.15, 0.2) is 0 Å². The number of rotatable bonds is 1. The molecule has 0 fully saturated rings. The summed E-state index contributed by atoms with van der Waals surface area (Å²) in [5.41, 5.74) is 4.43. The van der Waals surface area contributed by atoms with Crippen LogP contribution in [0.4, 0.5) is 0 Å². The first-order chi connectivity index (χ1) is 9.18. The normalized spacial score (nSPS) is 21.5. The van der Waals surface area contributed by atoms with Gasteiger partial charge in [0, 0.05) is 11.5 Å². The highest BCUT2D eigenvalue weighted by Gasteiger charge is 2.34. The summed E-state index contributed by atoms with van der Waals surface area (Å²) < 4.78 is 0. The lowest BCUT2D eigenvalue weighted by Crippen LogP contribution is -2.44. The number of fused-ring (bicyclic) bond motifs is 1. The van der Waals surface area contributed by atoms with E-state index >= 15 is 0 Å². The fourth-order valence-electron chi connectivity index (χ4n) is 3.30. The fraction of sp³-hybridized carbons (Fsp3) is 0.333. The highest BCUT2D eigenvalue weighted by atomic mass is 15.0. The predicted octanol–water partition coefficient (Wildman–Crippen LogP) is 3.74. The van der Waals surface area contributed by atoms with E-state index in [4.69, 9.17) is 0 Å². The largest absolute Gasteiger partial charge is 0.311 e. The van der Waals surface area contributed by atoms with E-state index in [9.17, 15) is 0 Å². The maximum atomic E-state index is 3.72. The van der Waals surface area contributed by atoms with Crippen molar-refractivity contribution in [2.75, 3.05) is 6.54 Å². The summed E-state index contributed by atoms with van der Waals surface area (Å²) in [4.78, 5) is 0. The third-order valence-corrected chi connectivity index (χ3v) is 4.20. The minimum Gasteiger partial charge on any atom is -0.311 e. The molecule has 2 aromatic carbocycles. The zero-order valence-corrected chi connectivity index (χ0v) is 11.7. The molecule has 1 aliphatic rings. The molecule has 1 nitrogen and oxygen atoms in total. The molecule has 1 aliphatic heterocycles. The minimum atomic E-state index is 0.0773. The lowest BCUT2D eigenvalue weighted by Gasteiger charge is -2.35. The molecule has 1 heterocycles. The predicted molar refractivity (Wildman–Crippen MR) is 80.5 cm³/mol. The highest BCUT2D eigenvalue weighted by Crippen LogP contribution is 2.38. The second kappa shape index (κ2) is 4.82. The molecule has 19 heavy (non-hydrogen) atoms. The van der Waals surface area contributed by atoms with Crippen molar-refractivity contribution in [1.82, 2.24) is 5.32 Å². The van der Waals surface area contributed by atoms with Gasteiger partial charge in [0.2, 0.25) is 0 Å². The average Bonchev–Trinajstić information content (AvgIpc) is 2.54. The number of hydrogen-bond acceptors (Lipinski definition) is 1. The van der Waals surface area contributed by atoms with E-state index in [1.807, 2.05) is 0 Å². The average molecular weight is 251 g/mol. The van der Waals surface area contributed by atoms with Crippen molar-refractivity contribution in [1.29, 1.82) is 0 Å². The summed E-state index contributed by atoms with van der Waals surface area (Å²) in [6.45, 7) is 5.67. The molecule has 3 rings (SSSR count). The van der Waals surface area contributed by atoms with Gasteiger partial charge in [0.25, 0.3) is 0 Å². The molecule has 2 aromatic rings. The van der Waals surface area contributed by atoms with Crippen LogP contribution in [0, 0.1) is 0 Å². The Morgan fingerprint density at radius 3 is 2.42 bits per heavy atom. The fourth-order valence-corrected chi connectivity index (χ4v) is 3.30. The van der Waals surface area contributed by atoms with Gasteiger partial charge in [0.05, 0.1) is 0 Å². The van der Waals surface area contributed by atoms with E-state index < -0.39 is 0 Å². The maximum absolute atomic E-state index is 3.72. The Kier molecular flexibility index (Phi) is 3.16. The van der Waals surface area contributed by atoms with E-state index in [0.717, 1.165) is 13.0 Å². The molecular weight excluding hydrogens is 230 g/mol. The van der Waals surface area contributed by atoms with Gasteiger partial charge in [-0.1, -0.05) is 54.6 Å². The zero-order chi connectivity index (χ0) is 13.3. The molecule has 0 saturated heterocycles. The molecular formula is C18H21N. The zero-order valence-electron chi connectivity index (χ0n) is 11.7. The lowest BCUT2D eigenvalue weighted by molar-refractivity contribution is 0.361. The first-order valence-electron chi connectivity index (χ1n) is 7.06. The molecule has 98 valence electrons. The van der Waals surface area contributed by atoms with Gasteiger partial charge in [-0.15, -0.1) is 0 Å². The monoisotopic (exact) mass is 251 g/mol. The molecule has 0 radical (unpaired) electrons. The number of hydrogen-bond donors (Lipinski definition) is 1. The van der Waals surface area contributed by atoms with Crippen molar-refractivity contribution < 1.29 is 0 Å². The summed E-state index contributed by atoms with van der Waals surface area (Å²) in [5.74, 6) is 0.410. The molecule has 0 spiro atoms. The first-order valence-corrected chi connectivity index (χ1v) is 7.06. The number of benzene rings is 2. The van der Waals surface area contributed by atoms with Crippen molar-refractivity contribution in [2.24, 2.45) is 0 Å². The molecule has 0 aliphatic carbocycles. The molecule has 0 saturated carbocycles. The van der Waals surface area contributed by atoms with Crippen LogP contribution in [0.15, 0.2) is 54.6 Å². The molecule has 0 amide bonds. The van der Waals surface area contributed by atoms with Gasteiger partial charge in [-0.2, -0.15) is 0 Å². The van der Waals surface area contributed by atoms with Crippen LogP contribution >= 0.6 is 0 Å². The van der Waals surface area contributed by atoms with E-state index in [-0.39, 0.29) is 5.54 Å². The van der Waals surface area contributed by atoms with Crippen LogP contribution in [0.1, 0.15) is 36.5 Å². The van der Waals surface area contributed by atoms with Crippen LogP contribution in [0.3, 0.4) is 0 Å². The van der Waals surface area contributed by atoms with Crippen molar-refractivity contribution in [3.05, 3.63) is 71.3 Å². The van der Waals surface area contributed by atoms with E-state index in [1.165, 1.54) is 16.7 Å². The van der Waals surface area contributed by atoms with Crippen LogP contribution in [0.2, 0.25) is 0 Å². The Bertz CT molecular complexity index is 557. The van der Waals surface area contributed by atoms with E-state index in [0.29, 0.717) is 5.92 Å². The Labute approximate surface area is 115 Å². The Morgan fingerprint density at radius 1 is 0.947 bits per heavy atom. The smallest absolute Gasteiger partial charge is 0.0269 e. The van der Waals surface area contributed by atoms with Gasteiger partial charge < -0.3 is 5.32 Å². The van der Waals surface area contributed by atoms with Gasteiger partial charge in [-0.25, -0.2) is 0 Å². The highest BCUT2D eigenvalue weighted by molar-refractivity contribution is 5.42. The minimum absolute atomic E-state index is 0.0773. The van der Waals surface area contributed by atoms with E-state index in [2.05, 4.69) is 73.8 Å². The van der Waals surface area contributed by atoms with Gasteiger partial charge in [0.1, 0.15) is 0 Å². The van der Waals surface area contributed by atoms with Crippen LogP contribution < -0.4 is 5.32 Å². The Hall–Kier alpha value is -1.60. The van der Waals surface area contributed by atoms with Crippen LogP contribution in [-0.4, -0.2) is 12.1 Å². The molecule has 0 bridgehead atoms. The van der Waals surface area contributed by atoms with Gasteiger partial charge in [-0.05, 0) is 43.5 Å². The number of nitrogens with one attached hydrogen (secondary N) is 1.